The van der Waals surface area contributed by atoms with Gasteiger partial charge in [-0.1, -0.05) is 6.07 Å². The van der Waals surface area contributed by atoms with Gasteiger partial charge in [0.15, 0.2) is 0 Å². The molecule has 1 spiro atoms. The number of hydrogen-bond donors (Lipinski definition) is 1. The second-order valence-electron chi connectivity index (χ2n) is 5.39. The summed E-state index contributed by atoms with van der Waals surface area (Å²) >= 11 is 1.59. The average molecular weight is 286 g/mol. The molecule has 3 nitrogen and oxygen atoms in total. The lowest BCUT2D eigenvalue weighted by molar-refractivity contribution is 0.0370. The third-order valence-corrected chi connectivity index (χ3v) is 5.09. The molecule has 2 amide bonds. The zero-order chi connectivity index (χ0) is 13.5. The van der Waals surface area contributed by atoms with Crippen molar-refractivity contribution in [2.75, 3.05) is 13.1 Å². The first-order chi connectivity index (χ1) is 9.02. The summed E-state index contributed by atoms with van der Waals surface area (Å²) in [6.45, 7) is 1.38. The van der Waals surface area contributed by atoms with Crippen LogP contribution in [0.15, 0.2) is 17.5 Å². The third kappa shape index (κ3) is 2.33. The summed E-state index contributed by atoms with van der Waals surface area (Å²) in [6, 6.07) is 3.75. The molecule has 1 aromatic rings. The highest BCUT2D eigenvalue weighted by Gasteiger charge is 2.70. The van der Waals surface area contributed by atoms with Crippen LogP contribution in [-0.2, 0) is 6.54 Å². The van der Waals surface area contributed by atoms with E-state index < -0.39 is 11.3 Å². The summed E-state index contributed by atoms with van der Waals surface area (Å²) in [4.78, 5) is 14.7. The molecule has 1 saturated carbocycles. The van der Waals surface area contributed by atoms with Gasteiger partial charge in [-0.15, -0.1) is 11.3 Å². The molecule has 104 valence electrons. The zero-order valence-electron chi connectivity index (χ0n) is 10.5. The van der Waals surface area contributed by atoms with Gasteiger partial charge < -0.3 is 10.2 Å². The van der Waals surface area contributed by atoms with Crippen LogP contribution in [0.2, 0.25) is 0 Å². The van der Waals surface area contributed by atoms with Crippen molar-refractivity contribution in [3.05, 3.63) is 22.4 Å². The highest BCUT2D eigenvalue weighted by atomic mass is 32.1. The Morgan fingerprint density at radius 1 is 1.42 bits per heavy atom. The number of nitrogens with one attached hydrogen (secondary N) is 1. The van der Waals surface area contributed by atoms with E-state index in [-0.39, 0.29) is 12.5 Å². The molecular weight excluding hydrogens is 270 g/mol. The lowest BCUT2D eigenvalue weighted by atomic mass is 9.93. The van der Waals surface area contributed by atoms with Crippen LogP contribution in [0.5, 0.6) is 0 Å². The van der Waals surface area contributed by atoms with E-state index in [4.69, 9.17) is 0 Å². The molecule has 0 aromatic carbocycles. The molecule has 2 heterocycles. The number of hydrogen-bond acceptors (Lipinski definition) is 2. The van der Waals surface area contributed by atoms with Gasteiger partial charge in [-0.25, -0.2) is 13.6 Å². The Morgan fingerprint density at radius 3 is 2.63 bits per heavy atom. The molecule has 2 fully saturated rings. The van der Waals surface area contributed by atoms with Crippen LogP contribution < -0.4 is 5.32 Å². The van der Waals surface area contributed by atoms with Gasteiger partial charge in [0.05, 0.1) is 6.54 Å². The molecule has 2 aliphatic rings. The van der Waals surface area contributed by atoms with Crippen molar-refractivity contribution < 1.29 is 13.6 Å². The summed E-state index contributed by atoms with van der Waals surface area (Å²) < 4.78 is 26.4. The van der Waals surface area contributed by atoms with Gasteiger partial charge in [-0.05, 0) is 24.3 Å². The average Bonchev–Trinajstić information content (AvgIpc) is 2.79. The minimum absolute atomic E-state index is 0.00462. The fourth-order valence-corrected chi connectivity index (χ4v) is 3.39. The molecule has 1 aromatic heterocycles. The maximum Gasteiger partial charge on any atom is 0.317 e. The van der Waals surface area contributed by atoms with Crippen molar-refractivity contribution >= 4 is 17.4 Å². The van der Waals surface area contributed by atoms with E-state index in [1.165, 1.54) is 0 Å². The summed E-state index contributed by atoms with van der Waals surface area (Å²) in [5.41, 5.74) is -0.794. The number of halogens is 2. The predicted molar refractivity (Wildman–Crippen MR) is 69.4 cm³/mol. The van der Waals surface area contributed by atoms with Gasteiger partial charge in [0.25, 0.3) is 5.92 Å². The van der Waals surface area contributed by atoms with Gasteiger partial charge >= 0.3 is 6.03 Å². The normalized spacial score (nSPS) is 23.4. The SMILES string of the molecule is O=C(NCc1cccs1)N1CCC2(CC1)CC2(F)F. The van der Waals surface area contributed by atoms with E-state index in [0.29, 0.717) is 32.5 Å². The predicted octanol–water partition coefficient (Wildman–Crippen LogP) is 3.08. The summed E-state index contributed by atoms with van der Waals surface area (Å²) in [5, 5.41) is 4.79. The first kappa shape index (κ1) is 12.8. The van der Waals surface area contributed by atoms with Crippen LogP contribution in [-0.4, -0.2) is 29.9 Å². The number of piperidine rings is 1. The second-order valence-corrected chi connectivity index (χ2v) is 6.42. The van der Waals surface area contributed by atoms with Crippen molar-refractivity contribution in [3.63, 3.8) is 0 Å². The fraction of sp³-hybridized carbons (Fsp3) is 0.615. The van der Waals surface area contributed by atoms with E-state index in [1.807, 2.05) is 17.5 Å². The Hall–Kier alpha value is -1.17. The van der Waals surface area contributed by atoms with E-state index in [1.54, 1.807) is 16.2 Å². The molecule has 0 bridgehead atoms. The number of carbonyl (C=O) groups is 1. The lowest BCUT2D eigenvalue weighted by Crippen LogP contribution is -2.45. The number of rotatable bonds is 2. The van der Waals surface area contributed by atoms with Crippen molar-refractivity contribution in [2.24, 2.45) is 5.41 Å². The van der Waals surface area contributed by atoms with Gasteiger partial charge in [0, 0.05) is 29.8 Å². The minimum Gasteiger partial charge on any atom is -0.333 e. The largest absolute Gasteiger partial charge is 0.333 e. The van der Waals surface area contributed by atoms with Crippen molar-refractivity contribution in [3.8, 4) is 0 Å². The number of likely N-dealkylation sites (tertiary alicyclic amines) is 1. The van der Waals surface area contributed by atoms with Crippen molar-refractivity contribution in [2.45, 2.75) is 31.7 Å². The van der Waals surface area contributed by atoms with E-state index in [2.05, 4.69) is 5.32 Å². The van der Waals surface area contributed by atoms with Crippen molar-refractivity contribution in [1.82, 2.24) is 10.2 Å². The maximum absolute atomic E-state index is 13.2. The molecule has 1 N–H and O–H groups in total. The molecule has 0 unspecified atom stereocenters. The van der Waals surface area contributed by atoms with Crippen LogP contribution in [0.1, 0.15) is 24.1 Å². The van der Waals surface area contributed by atoms with Gasteiger partial charge in [-0.2, -0.15) is 0 Å². The fourth-order valence-electron chi connectivity index (χ4n) is 2.75. The molecule has 6 heteroatoms. The Kier molecular flexibility index (Phi) is 3.00. The standard InChI is InChI=1S/C13H16F2N2OS/c14-13(15)9-12(13)3-5-17(6-4-12)11(18)16-8-10-2-1-7-19-10/h1-2,7H,3-6,8-9H2,(H,16,18). The number of alkyl halides is 2. The second kappa shape index (κ2) is 4.44. The minimum atomic E-state index is -2.49. The maximum atomic E-state index is 13.2. The smallest absolute Gasteiger partial charge is 0.317 e. The third-order valence-electron chi connectivity index (χ3n) is 4.21. The summed E-state index contributed by atoms with van der Waals surface area (Å²) in [6.07, 6.45) is 0.851. The Balaban J connectivity index is 1.47. The first-order valence-electron chi connectivity index (χ1n) is 6.45. The highest BCUT2D eigenvalue weighted by molar-refractivity contribution is 7.09. The van der Waals surface area contributed by atoms with E-state index in [0.717, 1.165) is 4.88 Å². The van der Waals surface area contributed by atoms with Crippen LogP contribution in [0, 0.1) is 5.41 Å². The van der Waals surface area contributed by atoms with Gasteiger partial charge in [0.1, 0.15) is 0 Å². The topological polar surface area (TPSA) is 32.3 Å². The summed E-state index contributed by atoms with van der Waals surface area (Å²) in [5.74, 6) is -2.49. The number of urea groups is 1. The van der Waals surface area contributed by atoms with Crippen molar-refractivity contribution in [1.29, 1.82) is 0 Å². The quantitative estimate of drug-likeness (QED) is 0.890. The van der Waals surface area contributed by atoms with Crippen LogP contribution >= 0.6 is 11.3 Å². The monoisotopic (exact) mass is 286 g/mol. The molecule has 0 atom stereocenters. The Morgan fingerprint density at radius 2 is 2.11 bits per heavy atom. The molecular formula is C13H16F2N2OS. The molecule has 19 heavy (non-hydrogen) atoms. The Bertz CT molecular complexity index is 467. The molecule has 1 saturated heterocycles. The Labute approximate surface area is 114 Å². The first-order valence-corrected chi connectivity index (χ1v) is 7.33. The van der Waals surface area contributed by atoms with E-state index in [9.17, 15) is 13.6 Å². The zero-order valence-corrected chi connectivity index (χ0v) is 11.3. The van der Waals surface area contributed by atoms with Gasteiger partial charge in [-0.3, -0.25) is 0 Å². The highest BCUT2D eigenvalue weighted by Crippen LogP contribution is 2.65. The number of carbonyl (C=O) groups excluding carboxylic acids is 1. The number of amides is 2. The lowest BCUT2D eigenvalue weighted by Gasteiger charge is -2.32. The molecule has 0 radical (unpaired) electrons. The number of nitrogens with zero attached hydrogens (tertiary/aromatic N) is 1. The van der Waals surface area contributed by atoms with E-state index >= 15 is 0 Å². The molecule has 3 rings (SSSR count). The number of thiophene rings is 1. The summed E-state index contributed by atoms with van der Waals surface area (Å²) in [7, 11) is 0. The molecule has 1 aliphatic heterocycles. The van der Waals surface area contributed by atoms with Crippen LogP contribution in [0.3, 0.4) is 0 Å². The molecule has 1 aliphatic carbocycles. The van der Waals surface area contributed by atoms with Crippen LogP contribution in [0.4, 0.5) is 13.6 Å². The van der Waals surface area contributed by atoms with Crippen LogP contribution in [0.25, 0.3) is 0 Å². The van der Waals surface area contributed by atoms with Gasteiger partial charge in [0.2, 0.25) is 0 Å².